The Morgan fingerprint density at radius 2 is 1.65 bits per heavy atom. The molecule has 0 aliphatic heterocycles. The van der Waals surface area contributed by atoms with Crippen molar-refractivity contribution in [2.24, 2.45) is 11.7 Å². The van der Waals surface area contributed by atoms with Gasteiger partial charge in [-0.1, -0.05) is 67.6 Å². The second kappa shape index (κ2) is 6.55. The van der Waals surface area contributed by atoms with Crippen LogP contribution >= 0.6 is 0 Å². The van der Waals surface area contributed by atoms with Crippen molar-refractivity contribution in [3.63, 3.8) is 0 Å². The Bertz CT molecular complexity index is 650. The number of nitrogens with one attached hydrogen (secondary N) is 1. The highest BCUT2D eigenvalue weighted by molar-refractivity contribution is 5.79. The fourth-order valence-electron chi connectivity index (χ4n) is 3.05. The molecule has 1 aliphatic carbocycles. The van der Waals surface area contributed by atoms with E-state index in [2.05, 4.69) is 29.6 Å². The fraction of sp³-hybridized carbons (Fsp3) is 0.350. The zero-order valence-electron chi connectivity index (χ0n) is 13.5. The molecule has 3 N–H and O–H groups in total. The van der Waals surface area contributed by atoms with E-state index >= 15 is 0 Å². The molecule has 2 atom stereocenters. The Labute approximate surface area is 137 Å². The summed E-state index contributed by atoms with van der Waals surface area (Å²) in [5.74, 6) is -0.215. The van der Waals surface area contributed by atoms with Crippen LogP contribution < -0.4 is 11.1 Å². The summed E-state index contributed by atoms with van der Waals surface area (Å²) >= 11 is 0. The average Bonchev–Trinajstić information content (AvgIpc) is 3.41. The number of amides is 1. The summed E-state index contributed by atoms with van der Waals surface area (Å²) in [4.78, 5) is 12.5. The van der Waals surface area contributed by atoms with E-state index in [0.29, 0.717) is 6.54 Å². The number of benzene rings is 2. The molecule has 2 aromatic carbocycles. The molecule has 0 bridgehead atoms. The van der Waals surface area contributed by atoms with Gasteiger partial charge >= 0.3 is 0 Å². The van der Waals surface area contributed by atoms with Gasteiger partial charge in [-0.05, 0) is 24.0 Å². The van der Waals surface area contributed by atoms with Crippen LogP contribution in [0.3, 0.4) is 0 Å². The maximum Gasteiger partial charge on any atom is 0.224 e. The maximum atomic E-state index is 12.5. The molecule has 23 heavy (non-hydrogen) atoms. The standard InChI is InChI=1S/C20H24N2O/c1-15(18(21)16-8-4-2-5-9-16)19(23)22-14-20(12-13-20)17-10-6-3-7-11-17/h2-11,15,18H,12-14,21H2,1H3,(H,22,23). The number of hydrogen-bond acceptors (Lipinski definition) is 2. The van der Waals surface area contributed by atoms with Crippen molar-refractivity contribution in [2.75, 3.05) is 6.54 Å². The van der Waals surface area contributed by atoms with Crippen molar-refractivity contribution >= 4 is 5.91 Å². The SMILES string of the molecule is CC(C(=O)NCC1(c2ccccc2)CC1)C(N)c1ccccc1. The summed E-state index contributed by atoms with van der Waals surface area (Å²) in [6.45, 7) is 2.59. The Kier molecular flexibility index (Phi) is 4.49. The van der Waals surface area contributed by atoms with Crippen LogP contribution in [-0.4, -0.2) is 12.5 Å². The van der Waals surface area contributed by atoms with Gasteiger partial charge in [0.2, 0.25) is 5.91 Å². The summed E-state index contributed by atoms with van der Waals surface area (Å²) in [7, 11) is 0. The third-order valence-corrected chi connectivity index (χ3v) is 4.98. The first-order valence-electron chi connectivity index (χ1n) is 8.26. The third kappa shape index (κ3) is 3.45. The highest BCUT2D eigenvalue weighted by Crippen LogP contribution is 2.47. The minimum Gasteiger partial charge on any atom is -0.355 e. The molecule has 0 saturated heterocycles. The smallest absolute Gasteiger partial charge is 0.224 e. The van der Waals surface area contributed by atoms with Gasteiger partial charge in [0.05, 0.1) is 5.92 Å². The zero-order valence-corrected chi connectivity index (χ0v) is 13.5. The van der Waals surface area contributed by atoms with Crippen molar-refractivity contribution in [3.05, 3.63) is 71.8 Å². The van der Waals surface area contributed by atoms with Crippen LogP contribution in [0.4, 0.5) is 0 Å². The van der Waals surface area contributed by atoms with Gasteiger partial charge in [-0.15, -0.1) is 0 Å². The first-order valence-corrected chi connectivity index (χ1v) is 8.26. The summed E-state index contributed by atoms with van der Waals surface area (Å²) < 4.78 is 0. The number of carbonyl (C=O) groups is 1. The molecular weight excluding hydrogens is 284 g/mol. The number of rotatable bonds is 6. The van der Waals surface area contributed by atoms with Crippen LogP contribution in [0.25, 0.3) is 0 Å². The molecular formula is C20H24N2O. The molecule has 1 amide bonds. The molecule has 0 aromatic heterocycles. The van der Waals surface area contributed by atoms with E-state index < -0.39 is 0 Å². The van der Waals surface area contributed by atoms with Crippen molar-refractivity contribution in [1.82, 2.24) is 5.32 Å². The Balaban J connectivity index is 1.59. The monoisotopic (exact) mass is 308 g/mol. The summed E-state index contributed by atoms with van der Waals surface area (Å²) in [5, 5.41) is 3.12. The minimum absolute atomic E-state index is 0.0311. The summed E-state index contributed by atoms with van der Waals surface area (Å²) in [6, 6.07) is 20.0. The molecule has 0 spiro atoms. The number of hydrogen-bond donors (Lipinski definition) is 2. The van der Waals surface area contributed by atoms with Crippen LogP contribution in [0.1, 0.15) is 36.9 Å². The lowest BCUT2D eigenvalue weighted by atomic mass is 9.93. The minimum atomic E-state index is -0.275. The molecule has 0 heterocycles. The van der Waals surface area contributed by atoms with E-state index in [0.717, 1.165) is 18.4 Å². The second-order valence-corrected chi connectivity index (χ2v) is 6.59. The molecule has 2 unspecified atom stereocenters. The largest absolute Gasteiger partial charge is 0.355 e. The van der Waals surface area contributed by atoms with Crippen LogP contribution in [0.2, 0.25) is 0 Å². The van der Waals surface area contributed by atoms with Gasteiger partial charge in [-0.25, -0.2) is 0 Å². The van der Waals surface area contributed by atoms with Crippen molar-refractivity contribution in [1.29, 1.82) is 0 Å². The van der Waals surface area contributed by atoms with Crippen molar-refractivity contribution in [2.45, 2.75) is 31.2 Å². The molecule has 1 fully saturated rings. The van der Waals surface area contributed by atoms with Gasteiger partial charge in [0.1, 0.15) is 0 Å². The molecule has 3 heteroatoms. The van der Waals surface area contributed by atoms with Gasteiger partial charge < -0.3 is 11.1 Å². The Hall–Kier alpha value is -2.13. The summed E-state index contributed by atoms with van der Waals surface area (Å²) in [6.07, 6.45) is 2.27. The van der Waals surface area contributed by atoms with Crippen LogP contribution in [0.15, 0.2) is 60.7 Å². The topological polar surface area (TPSA) is 55.1 Å². The van der Waals surface area contributed by atoms with Gasteiger partial charge in [-0.2, -0.15) is 0 Å². The predicted molar refractivity (Wildman–Crippen MR) is 92.9 cm³/mol. The quantitative estimate of drug-likeness (QED) is 0.861. The zero-order chi connectivity index (χ0) is 16.3. The molecule has 0 radical (unpaired) electrons. The number of nitrogens with two attached hydrogens (primary N) is 1. The molecule has 1 saturated carbocycles. The lowest BCUT2D eigenvalue weighted by molar-refractivity contribution is -0.125. The van der Waals surface area contributed by atoms with E-state index in [1.165, 1.54) is 5.56 Å². The highest BCUT2D eigenvalue weighted by Gasteiger charge is 2.44. The predicted octanol–water partition coefficient (Wildman–Crippen LogP) is 3.17. The molecule has 120 valence electrons. The van der Waals surface area contributed by atoms with Crippen molar-refractivity contribution < 1.29 is 4.79 Å². The molecule has 2 aromatic rings. The fourth-order valence-corrected chi connectivity index (χ4v) is 3.05. The highest BCUT2D eigenvalue weighted by atomic mass is 16.1. The average molecular weight is 308 g/mol. The lowest BCUT2D eigenvalue weighted by Gasteiger charge is -2.22. The Morgan fingerprint density at radius 3 is 2.22 bits per heavy atom. The van der Waals surface area contributed by atoms with Gasteiger partial charge in [0, 0.05) is 18.0 Å². The van der Waals surface area contributed by atoms with E-state index in [1.807, 2.05) is 43.3 Å². The first-order chi connectivity index (χ1) is 11.1. The van der Waals surface area contributed by atoms with Gasteiger partial charge in [0.15, 0.2) is 0 Å². The van der Waals surface area contributed by atoms with E-state index in [-0.39, 0.29) is 23.3 Å². The van der Waals surface area contributed by atoms with Crippen LogP contribution in [0, 0.1) is 5.92 Å². The van der Waals surface area contributed by atoms with E-state index in [1.54, 1.807) is 0 Å². The first kappa shape index (κ1) is 15.8. The van der Waals surface area contributed by atoms with Crippen LogP contribution in [-0.2, 0) is 10.2 Å². The third-order valence-electron chi connectivity index (χ3n) is 4.98. The molecule has 1 aliphatic rings. The van der Waals surface area contributed by atoms with E-state index in [9.17, 15) is 4.79 Å². The summed E-state index contributed by atoms with van der Waals surface area (Å²) in [5.41, 5.74) is 8.70. The van der Waals surface area contributed by atoms with Gasteiger partial charge in [-0.3, -0.25) is 4.79 Å². The molecule has 3 nitrogen and oxygen atoms in total. The normalized spacial score (nSPS) is 18.0. The Morgan fingerprint density at radius 1 is 1.09 bits per heavy atom. The van der Waals surface area contributed by atoms with Crippen LogP contribution in [0.5, 0.6) is 0 Å². The van der Waals surface area contributed by atoms with Crippen molar-refractivity contribution in [3.8, 4) is 0 Å². The van der Waals surface area contributed by atoms with Gasteiger partial charge in [0.25, 0.3) is 0 Å². The maximum absolute atomic E-state index is 12.5. The van der Waals surface area contributed by atoms with E-state index in [4.69, 9.17) is 5.73 Å². The second-order valence-electron chi connectivity index (χ2n) is 6.59. The molecule has 3 rings (SSSR count). The number of carbonyl (C=O) groups excluding carboxylic acids is 1. The lowest BCUT2D eigenvalue weighted by Crippen LogP contribution is -2.39.